The highest BCUT2D eigenvalue weighted by Crippen LogP contribution is 2.17. The molecule has 4 heteroatoms. The summed E-state index contributed by atoms with van der Waals surface area (Å²) in [5, 5.41) is 1.24. The van der Waals surface area contributed by atoms with Gasteiger partial charge in [-0.15, -0.1) is 0 Å². The van der Waals surface area contributed by atoms with Crippen LogP contribution in [0.25, 0.3) is 16.7 Å². The molecule has 0 radical (unpaired) electrons. The molecular weight excluding hydrogens is 234 g/mol. The molecule has 0 amide bonds. The number of para-hydroxylation sites is 1. The van der Waals surface area contributed by atoms with Crippen LogP contribution >= 0.6 is 11.6 Å². The molecule has 0 fully saturated rings. The molecule has 1 aromatic carbocycles. The van der Waals surface area contributed by atoms with Crippen molar-refractivity contribution >= 4 is 22.5 Å². The van der Waals surface area contributed by atoms with E-state index in [0.717, 1.165) is 16.7 Å². The average molecular weight is 243 g/mol. The van der Waals surface area contributed by atoms with Crippen molar-refractivity contribution in [3.05, 3.63) is 60.1 Å². The van der Waals surface area contributed by atoms with Crippen LogP contribution in [0, 0.1) is 0 Å². The lowest BCUT2D eigenvalue weighted by molar-refractivity contribution is -0.598. The molecule has 3 rings (SSSR count). The number of aromatic nitrogens is 3. The van der Waals surface area contributed by atoms with Crippen LogP contribution < -0.4 is 4.57 Å². The molecule has 2 heterocycles. The SMILES string of the molecule is Clc1nc(-[n+]2ccccc2)c2ccccc2n1. The summed E-state index contributed by atoms with van der Waals surface area (Å²) in [6, 6.07) is 13.7. The van der Waals surface area contributed by atoms with Crippen LogP contribution in [0.15, 0.2) is 54.9 Å². The first-order valence-electron chi connectivity index (χ1n) is 5.23. The number of halogens is 1. The van der Waals surface area contributed by atoms with Crippen molar-refractivity contribution in [2.75, 3.05) is 0 Å². The van der Waals surface area contributed by atoms with Crippen LogP contribution in [0.2, 0.25) is 5.28 Å². The molecule has 0 aliphatic rings. The molecule has 0 saturated heterocycles. The lowest BCUT2D eigenvalue weighted by Crippen LogP contribution is -2.31. The predicted molar refractivity (Wildman–Crippen MR) is 66.1 cm³/mol. The number of fused-ring (bicyclic) bond motifs is 1. The monoisotopic (exact) mass is 242 g/mol. The number of hydrogen-bond acceptors (Lipinski definition) is 2. The lowest BCUT2D eigenvalue weighted by atomic mass is 10.2. The summed E-state index contributed by atoms with van der Waals surface area (Å²) in [4.78, 5) is 8.49. The molecular formula is C13H9ClN3+. The summed E-state index contributed by atoms with van der Waals surface area (Å²) in [6.45, 7) is 0. The first-order valence-corrected chi connectivity index (χ1v) is 5.61. The van der Waals surface area contributed by atoms with E-state index < -0.39 is 0 Å². The number of nitrogens with zero attached hydrogens (tertiary/aromatic N) is 3. The van der Waals surface area contributed by atoms with Crippen LogP contribution in [0.4, 0.5) is 0 Å². The average Bonchev–Trinajstić information content (AvgIpc) is 2.39. The fraction of sp³-hybridized carbons (Fsp3) is 0. The highest BCUT2D eigenvalue weighted by Gasteiger charge is 2.15. The Balaban J connectivity index is 2.36. The van der Waals surface area contributed by atoms with E-state index in [1.807, 2.05) is 59.4 Å². The van der Waals surface area contributed by atoms with E-state index in [-0.39, 0.29) is 5.28 Å². The summed E-state index contributed by atoms with van der Waals surface area (Å²) in [5.41, 5.74) is 0.846. The Kier molecular flexibility index (Phi) is 2.46. The van der Waals surface area contributed by atoms with Gasteiger partial charge in [-0.2, -0.15) is 4.98 Å². The minimum atomic E-state index is 0.259. The van der Waals surface area contributed by atoms with Gasteiger partial charge in [-0.3, -0.25) is 0 Å². The molecule has 0 N–H and O–H groups in total. The third-order valence-electron chi connectivity index (χ3n) is 2.52. The van der Waals surface area contributed by atoms with Gasteiger partial charge < -0.3 is 0 Å². The Bertz CT molecular complexity index is 668. The third kappa shape index (κ3) is 1.85. The van der Waals surface area contributed by atoms with Gasteiger partial charge in [0.05, 0.1) is 23.3 Å². The maximum atomic E-state index is 5.94. The second-order valence-corrected chi connectivity index (χ2v) is 3.95. The molecule has 0 aliphatic carbocycles. The zero-order valence-corrected chi connectivity index (χ0v) is 9.67. The second-order valence-electron chi connectivity index (χ2n) is 3.62. The van der Waals surface area contributed by atoms with Crippen molar-refractivity contribution < 1.29 is 4.57 Å². The second kappa shape index (κ2) is 4.11. The van der Waals surface area contributed by atoms with E-state index in [1.165, 1.54) is 0 Å². The van der Waals surface area contributed by atoms with Crippen LogP contribution in [-0.2, 0) is 0 Å². The van der Waals surface area contributed by atoms with Gasteiger partial charge >= 0.3 is 11.1 Å². The molecule has 0 saturated carbocycles. The van der Waals surface area contributed by atoms with Gasteiger partial charge in [0.25, 0.3) is 0 Å². The maximum absolute atomic E-state index is 5.94. The Hall–Kier alpha value is -2.00. The summed E-state index contributed by atoms with van der Waals surface area (Å²) >= 11 is 5.94. The fourth-order valence-electron chi connectivity index (χ4n) is 1.77. The Morgan fingerprint density at radius 2 is 1.65 bits per heavy atom. The normalized spacial score (nSPS) is 10.6. The summed E-state index contributed by atoms with van der Waals surface area (Å²) in [5.74, 6) is 0.793. The first kappa shape index (κ1) is 10.2. The highest BCUT2D eigenvalue weighted by atomic mass is 35.5. The van der Waals surface area contributed by atoms with E-state index in [0.29, 0.717) is 0 Å². The van der Waals surface area contributed by atoms with E-state index >= 15 is 0 Å². The van der Waals surface area contributed by atoms with E-state index in [2.05, 4.69) is 9.97 Å². The molecule has 17 heavy (non-hydrogen) atoms. The zero-order chi connectivity index (χ0) is 11.7. The van der Waals surface area contributed by atoms with Crippen molar-refractivity contribution in [2.24, 2.45) is 0 Å². The van der Waals surface area contributed by atoms with Crippen molar-refractivity contribution in [3.8, 4) is 5.82 Å². The Labute approximate surface area is 103 Å². The molecule has 0 bridgehead atoms. The summed E-state index contributed by atoms with van der Waals surface area (Å²) in [6.07, 6.45) is 3.87. The van der Waals surface area contributed by atoms with Gasteiger partial charge in [-0.05, 0) is 40.9 Å². The largest absolute Gasteiger partial charge is 0.340 e. The molecule has 2 aromatic heterocycles. The van der Waals surface area contributed by atoms with Gasteiger partial charge in [0.1, 0.15) is 0 Å². The molecule has 0 spiro atoms. The van der Waals surface area contributed by atoms with Crippen LogP contribution in [-0.4, -0.2) is 9.97 Å². The van der Waals surface area contributed by atoms with Crippen molar-refractivity contribution in [3.63, 3.8) is 0 Å². The van der Waals surface area contributed by atoms with Crippen LogP contribution in [0.3, 0.4) is 0 Å². The topological polar surface area (TPSA) is 29.7 Å². The van der Waals surface area contributed by atoms with Gasteiger partial charge in [0, 0.05) is 0 Å². The van der Waals surface area contributed by atoms with Crippen molar-refractivity contribution in [1.29, 1.82) is 0 Å². The maximum Gasteiger partial charge on any atom is 0.340 e. The van der Waals surface area contributed by atoms with Gasteiger partial charge in [0.15, 0.2) is 0 Å². The molecule has 3 nitrogen and oxygen atoms in total. The van der Waals surface area contributed by atoms with Gasteiger partial charge in [-0.25, -0.2) is 4.57 Å². The Morgan fingerprint density at radius 3 is 2.47 bits per heavy atom. The van der Waals surface area contributed by atoms with E-state index in [1.54, 1.807) is 0 Å². The number of hydrogen-bond donors (Lipinski definition) is 0. The van der Waals surface area contributed by atoms with Gasteiger partial charge in [0.2, 0.25) is 0 Å². The quantitative estimate of drug-likeness (QED) is 0.485. The Morgan fingerprint density at radius 1 is 0.882 bits per heavy atom. The number of rotatable bonds is 1. The minimum Gasteiger partial charge on any atom is -0.203 e. The molecule has 0 aliphatic heterocycles. The summed E-state index contributed by atoms with van der Waals surface area (Å²) in [7, 11) is 0. The standard InChI is InChI=1S/C13H9ClN3/c14-13-15-11-7-3-2-6-10(11)12(16-13)17-8-4-1-5-9-17/h1-9H/q+1. The smallest absolute Gasteiger partial charge is 0.203 e. The lowest BCUT2D eigenvalue weighted by Gasteiger charge is -1.99. The minimum absolute atomic E-state index is 0.259. The van der Waals surface area contributed by atoms with E-state index in [9.17, 15) is 0 Å². The first-order chi connectivity index (χ1) is 8.34. The van der Waals surface area contributed by atoms with E-state index in [4.69, 9.17) is 11.6 Å². The predicted octanol–water partition coefficient (Wildman–Crippen LogP) is 2.56. The highest BCUT2D eigenvalue weighted by molar-refractivity contribution is 6.28. The molecule has 0 atom stereocenters. The summed E-state index contributed by atoms with van der Waals surface area (Å²) < 4.78 is 1.93. The molecule has 0 unspecified atom stereocenters. The third-order valence-corrected chi connectivity index (χ3v) is 2.68. The van der Waals surface area contributed by atoms with Crippen molar-refractivity contribution in [1.82, 2.24) is 9.97 Å². The van der Waals surface area contributed by atoms with Crippen molar-refractivity contribution in [2.45, 2.75) is 0 Å². The number of benzene rings is 1. The van der Waals surface area contributed by atoms with Crippen LogP contribution in [0.5, 0.6) is 0 Å². The fourth-order valence-corrected chi connectivity index (χ4v) is 1.94. The van der Waals surface area contributed by atoms with Crippen LogP contribution in [0.1, 0.15) is 0 Å². The zero-order valence-electron chi connectivity index (χ0n) is 8.92. The number of pyridine rings is 1. The molecule has 3 aromatic rings. The molecule has 82 valence electrons. The van der Waals surface area contributed by atoms with Gasteiger partial charge in [-0.1, -0.05) is 18.2 Å².